The van der Waals surface area contributed by atoms with Crippen molar-refractivity contribution in [3.05, 3.63) is 71.8 Å². The SMILES string of the molecule is c1ccc([C@@H]2OC[C@@H]3S[C@@H]4CO[C@@H](c5ccccc5)O[C@H]4[C@@H]3O2)cc1. The molecule has 3 aliphatic heterocycles. The normalized spacial score (nSPS) is 37.3. The van der Waals surface area contributed by atoms with Gasteiger partial charge in [-0.25, -0.2) is 0 Å². The molecule has 0 unspecified atom stereocenters. The van der Waals surface area contributed by atoms with Gasteiger partial charge in [-0.05, 0) is 0 Å². The van der Waals surface area contributed by atoms with E-state index in [4.69, 9.17) is 18.9 Å². The van der Waals surface area contributed by atoms with Crippen molar-refractivity contribution in [3.8, 4) is 0 Å². The van der Waals surface area contributed by atoms with Gasteiger partial charge in [0.05, 0.1) is 23.7 Å². The first-order valence-electron chi connectivity index (χ1n) is 8.68. The molecule has 0 amide bonds. The minimum absolute atomic E-state index is 0.0315. The maximum absolute atomic E-state index is 6.33. The predicted octanol–water partition coefficient (Wildman–Crippen LogP) is 3.70. The molecule has 130 valence electrons. The largest absolute Gasteiger partial charge is 0.347 e. The Morgan fingerprint density at radius 1 is 0.640 bits per heavy atom. The molecule has 0 spiro atoms. The molecule has 0 N–H and O–H groups in total. The van der Waals surface area contributed by atoms with Crippen molar-refractivity contribution < 1.29 is 18.9 Å². The summed E-state index contributed by atoms with van der Waals surface area (Å²) in [5.41, 5.74) is 2.11. The molecule has 4 nitrogen and oxygen atoms in total. The summed E-state index contributed by atoms with van der Waals surface area (Å²) in [5.74, 6) is 0. The highest BCUT2D eigenvalue weighted by Crippen LogP contribution is 2.47. The molecule has 3 heterocycles. The summed E-state index contributed by atoms with van der Waals surface area (Å²) in [6, 6.07) is 20.2. The fourth-order valence-corrected chi connectivity index (χ4v) is 5.21. The van der Waals surface area contributed by atoms with Crippen molar-refractivity contribution in [3.63, 3.8) is 0 Å². The van der Waals surface area contributed by atoms with E-state index in [1.807, 2.05) is 72.4 Å². The first kappa shape index (κ1) is 15.9. The maximum Gasteiger partial charge on any atom is 0.184 e. The fraction of sp³-hybridized carbons (Fsp3) is 0.400. The molecule has 0 bridgehead atoms. The standard InChI is InChI=1S/C20H20O4S/c1-3-7-13(8-4-1)19-21-11-15-17(23-19)18-16(25-15)12-22-20(24-18)14-9-5-2-6-10-14/h1-10,15-20H,11-12H2/t15-,16+,17-,18-,19-,20-/m1/s1. The van der Waals surface area contributed by atoms with Crippen molar-refractivity contribution in [1.82, 2.24) is 0 Å². The number of rotatable bonds is 2. The zero-order chi connectivity index (χ0) is 16.6. The van der Waals surface area contributed by atoms with Crippen LogP contribution in [0.2, 0.25) is 0 Å². The van der Waals surface area contributed by atoms with Gasteiger partial charge in [-0.3, -0.25) is 0 Å². The van der Waals surface area contributed by atoms with E-state index >= 15 is 0 Å². The third-order valence-corrected chi connectivity index (χ3v) is 6.44. The Hall–Kier alpha value is -1.37. The van der Waals surface area contributed by atoms with Crippen LogP contribution in [0.25, 0.3) is 0 Å². The highest BCUT2D eigenvalue weighted by molar-refractivity contribution is 8.01. The maximum atomic E-state index is 6.33. The Morgan fingerprint density at radius 2 is 1.08 bits per heavy atom. The van der Waals surface area contributed by atoms with E-state index in [2.05, 4.69) is 0 Å². The number of hydrogen-bond acceptors (Lipinski definition) is 5. The zero-order valence-corrected chi connectivity index (χ0v) is 14.5. The molecule has 3 saturated heterocycles. The van der Waals surface area contributed by atoms with Gasteiger partial charge in [0.1, 0.15) is 12.2 Å². The first-order valence-corrected chi connectivity index (χ1v) is 9.62. The molecule has 3 aliphatic rings. The fourth-order valence-electron chi connectivity index (χ4n) is 3.70. The van der Waals surface area contributed by atoms with Crippen LogP contribution in [0, 0.1) is 0 Å². The van der Waals surface area contributed by atoms with Crippen molar-refractivity contribution in [2.75, 3.05) is 13.2 Å². The molecule has 25 heavy (non-hydrogen) atoms. The van der Waals surface area contributed by atoms with Gasteiger partial charge >= 0.3 is 0 Å². The van der Waals surface area contributed by atoms with E-state index in [9.17, 15) is 0 Å². The second-order valence-corrected chi connectivity index (χ2v) is 8.05. The van der Waals surface area contributed by atoms with Crippen molar-refractivity contribution >= 4 is 11.8 Å². The molecule has 0 aromatic heterocycles. The van der Waals surface area contributed by atoms with Gasteiger partial charge in [-0.2, -0.15) is 0 Å². The molecule has 5 heteroatoms. The lowest BCUT2D eigenvalue weighted by Crippen LogP contribution is -2.47. The molecule has 0 radical (unpaired) electrons. The summed E-state index contributed by atoms with van der Waals surface area (Å²) in [6.45, 7) is 1.36. The molecule has 2 aromatic rings. The van der Waals surface area contributed by atoms with E-state index in [0.717, 1.165) is 11.1 Å². The van der Waals surface area contributed by atoms with E-state index in [1.165, 1.54) is 0 Å². The van der Waals surface area contributed by atoms with Crippen molar-refractivity contribution in [1.29, 1.82) is 0 Å². The second-order valence-electron chi connectivity index (χ2n) is 6.57. The summed E-state index contributed by atoms with van der Waals surface area (Å²) in [5, 5.41) is 0.598. The Kier molecular flexibility index (Phi) is 4.27. The zero-order valence-electron chi connectivity index (χ0n) is 13.7. The third-order valence-electron chi connectivity index (χ3n) is 4.93. The molecule has 3 fully saturated rings. The van der Waals surface area contributed by atoms with Crippen LogP contribution in [-0.4, -0.2) is 35.9 Å². The number of thioether (sulfide) groups is 1. The van der Waals surface area contributed by atoms with Crippen LogP contribution in [0.5, 0.6) is 0 Å². The summed E-state index contributed by atoms with van der Waals surface area (Å²) < 4.78 is 24.6. The summed E-state index contributed by atoms with van der Waals surface area (Å²) in [6.07, 6.45) is -0.569. The van der Waals surface area contributed by atoms with E-state index in [0.29, 0.717) is 23.7 Å². The number of hydrogen-bond donors (Lipinski definition) is 0. The summed E-state index contributed by atoms with van der Waals surface area (Å²) in [7, 11) is 0. The van der Waals surface area contributed by atoms with E-state index in [-0.39, 0.29) is 24.8 Å². The summed E-state index contributed by atoms with van der Waals surface area (Å²) in [4.78, 5) is 0. The first-order chi connectivity index (χ1) is 12.4. The minimum atomic E-state index is -0.316. The van der Waals surface area contributed by atoms with Crippen LogP contribution in [-0.2, 0) is 18.9 Å². The van der Waals surface area contributed by atoms with Crippen LogP contribution >= 0.6 is 11.8 Å². The molecular formula is C20H20O4S. The van der Waals surface area contributed by atoms with Gasteiger partial charge in [0.15, 0.2) is 12.6 Å². The minimum Gasteiger partial charge on any atom is -0.347 e. The van der Waals surface area contributed by atoms with Gasteiger partial charge < -0.3 is 18.9 Å². The monoisotopic (exact) mass is 356 g/mol. The van der Waals surface area contributed by atoms with Crippen LogP contribution in [0.3, 0.4) is 0 Å². The number of benzene rings is 2. The Labute approximate surface area is 151 Å². The van der Waals surface area contributed by atoms with Crippen molar-refractivity contribution in [2.45, 2.75) is 35.3 Å². The Balaban J connectivity index is 1.34. The Bertz CT molecular complexity index is 649. The summed E-state index contributed by atoms with van der Waals surface area (Å²) >= 11 is 1.87. The lowest BCUT2D eigenvalue weighted by molar-refractivity contribution is -0.278. The van der Waals surface area contributed by atoms with Crippen LogP contribution < -0.4 is 0 Å². The lowest BCUT2D eigenvalue weighted by Gasteiger charge is -2.38. The molecule has 0 saturated carbocycles. The highest BCUT2D eigenvalue weighted by Gasteiger charge is 2.52. The topological polar surface area (TPSA) is 36.9 Å². The quantitative estimate of drug-likeness (QED) is 0.820. The second kappa shape index (κ2) is 6.74. The highest BCUT2D eigenvalue weighted by atomic mass is 32.2. The van der Waals surface area contributed by atoms with Gasteiger partial charge in [-0.1, -0.05) is 60.7 Å². The lowest BCUT2D eigenvalue weighted by atomic mass is 10.0. The smallest absolute Gasteiger partial charge is 0.184 e. The molecule has 6 atom stereocenters. The van der Waals surface area contributed by atoms with Crippen LogP contribution in [0.1, 0.15) is 23.7 Å². The number of fused-ring (bicyclic) bond motifs is 3. The van der Waals surface area contributed by atoms with Gasteiger partial charge in [0.25, 0.3) is 0 Å². The van der Waals surface area contributed by atoms with Crippen molar-refractivity contribution in [2.24, 2.45) is 0 Å². The van der Waals surface area contributed by atoms with Crippen LogP contribution in [0.4, 0.5) is 0 Å². The van der Waals surface area contributed by atoms with Gasteiger partial charge in [-0.15, -0.1) is 11.8 Å². The van der Waals surface area contributed by atoms with Crippen LogP contribution in [0.15, 0.2) is 60.7 Å². The van der Waals surface area contributed by atoms with Gasteiger partial charge in [0, 0.05) is 11.1 Å². The number of ether oxygens (including phenoxy) is 4. The Morgan fingerprint density at radius 3 is 1.52 bits per heavy atom. The van der Waals surface area contributed by atoms with E-state index in [1.54, 1.807) is 0 Å². The van der Waals surface area contributed by atoms with E-state index < -0.39 is 0 Å². The predicted molar refractivity (Wildman–Crippen MR) is 95.2 cm³/mol. The molecule has 2 aromatic carbocycles. The third kappa shape index (κ3) is 3.00. The molecule has 5 rings (SSSR count). The van der Waals surface area contributed by atoms with Gasteiger partial charge in [0.2, 0.25) is 0 Å². The average molecular weight is 356 g/mol. The molecular weight excluding hydrogens is 336 g/mol. The molecule has 0 aliphatic carbocycles. The average Bonchev–Trinajstić information content (AvgIpc) is 3.06.